The van der Waals surface area contributed by atoms with Crippen LogP contribution in [0, 0.1) is 17.2 Å². The van der Waals surface area contributed by atoms with E-state index in [1.165, 1.54) is 0 Å². The van der Waals surface area contributed by atoms with Gasteiger partial charge < -0.3 is 11.1 Å². The van der Waals surface area contributed by atoms with E-state index in [9.17, 15) is 0 Å². The van der Waals surface area contributed by atoms with Crippen molar-refractivity contribution in [1.82, 2.24) is 0 Å². The van der Waals surface area contributed by atoms with Crippen LogP contribution in [-0.2, 0) is 0 Å². The normalized spacial score (nSPS) is 13.9. The molecule has 0 fully saturated rings. The molecule has 3 N–H and O–H groups in total. The Morgan fingerprint density at radius 3 is 2.00 bits per heavy atom. The molecule has 0 saturated heterocycles. The number of nitrogens with two attached hydrogens (primary N) is 1. The third kappa shape index (κ3) is 2.61. The molecule has 2 heteroatoms. The van der Waals surface area contributed by atoms with Crippen molar-refractivity contribution in [3.05, 3.63) is 0 Å². The van der Waals surface area contributed by atoms with Gasteiger partial charge in [0.25, 0.3) is 0 Å². The van der Waals surface area contributed by atoms with Gasteiger partial charge in [-0.3, -0.25) is 0 Å². The molecule has 0 aliphatic carbocycles. The maximum Gasteiger partial charge on any atom is 0.0310 e. The minimum Gasteiger partial charge on any atom is -0.326 e. The average Bonchev–Trinajstić information content (AvgIpc) is 1.84. The molecule has 0 bridgehead atoms. The topological polar surface area (TPSA) is 49.9 Å². The van der Waals surface area contributed by atoms with Crippen LogP contribution in [0.3, 0.4) is 0 Å². The lowest BCUT2D eigenvalue weighted by atomic mass is 9.93. The summed E-state index contributed by atoms with van der Waals surface area (Å²) in [6.45, 7) is 6.66. The molecule has 0 amide bonds. The molecule has 0 aliphatic heterocycles. The Morgan fingerprint density at radius 2 is 1.89 bits per heavy atom. The van der Waals surface area contributed by atoms with Gasteiger partial charge in [-0.1, -0.05) is 20.8 Å². The summed E-state index contributed by atoms with van der Waals surface area (Å²) in [5.41, 5.74) is 5.94. The first-order valence-electron chi connectivity index (χ1n) is 3.37. The molecule has 54 valence electrons. The van der Waals surface area contributed by atoms with E-state index in [4.69, 9.17) is 11.1 Å². The maximum absolute atomic E-state index is 7.35. The van der Waals surface area contributed by atoms with E-state index >= 15 is 0 Å². The van der Waals surface area contributed by atoms with Crippen molar-refractivity contribution in [3.8, 4) is 0 Å². The lowest BCUT2D eigenvalue weighted by molar-refractivity contribution is 0.526. The van der Waals surface area contributed by atoms with Gasteiger partial charge in [0, 0.05) is 12.3 Å². The van der Waals surface area contributed by atoms with Crippen LogP contribution in [0.2, 0.25) is 0 Å². The Morgan fingerprint density at radius 1 is 1.44 bits per heavy atom. The van der Waals surface area contributed by atoms with Crippen molar-refractivity contribution >= 4 is 5.71 Å². The summed E-state index contributed by atoms with van der Waals surface area (Å²) in [5.74, 6) is 0.885. The van der Waals surface area contributed by atoms with Crippen molar-refractivity contribution in [2.75, 3.05) is 6.54 Å². The Bertz CT molecular complexity index is 97.1. The predicted molar refractivity (Wildman–Crippen MR) is 40.8 cm³/mol. The molecule has 0 saturated carbocycles. The van der Waals surface area contributed by atoms with Crippen molar-refractivity contribution < 1.29 is 0 Å². The molecular formula is C7H16N2. The number of nitrogens with one attached hydrogen (secondary N) is 1. The summed E-state index contributed by atoms with van der Waals surface area (Å²) in [6, 6.07) is 0. The standard InChI is InChI=1S/C7H16N2/c1-5(2)6(3)7(9)4-8/h5-6,9H,4,8H2,1-3H3. The molecule has 2 nitrogen and oxygen atoms in total. The molecule has 0 aromatic heterocycles. The quantitative estimate of drug-likeness (QED) is 0.552. The van der Waals surface area contributed by atoms with Gasteiger partial charge in [0.05, 0.1) is 0 Å². The van der Waals surface area contributed by atoms with Gasteiger partial charge >= 0.3 is 0 Å². The average molecular weight is 128 g/mol. The van der Waals surface area contributed by atoms with Gasteiger partial charge in [0.2, 0.25) is 0 Å². The van der Waals surface area contributed by atoms with Crippen LogP contribution in [0.1, 0.15) is 20.8 Å². The van der Waals surface area contributed by atoms with Gasteiger partial charge in [-0.15, -0.1) is 0 Å². The molecule has 0 heterocycles. The molecule has 1 unspecified atom stereocenters. The first kappa shape index (κ1) is 8.63. The molecule has 0 aliphatic rings. The lowest BCUT2D eigenvalue weighted by Gasteiger charge is -2.14. The zero-order chi connectivity index (χ0) is 7.44. The van der Waals surface area contributed by atoms with E-state index in [2.05, 4.69) is 13.8 Å². The van der Waals surface area contributed by atoms with Crippen molar-refractivity contribution in [1.29, 1.82) is 5.41 Å². The first-order valence-corrected chi connectivity index (χ1v) is 3.37. The molecule has 0 aromatic rings. The smallest absolute Gasteiger partial charge is 0.0310 e. The van der Waals surface area contributed by atoms with E-state index in [-0.39, 0.29) is 0 Å². The highest BCUT2D eigenvalue weighted by Gasteiger charge is 2.10. The van der Waals surface area contributed by atoms with Gasteiger partial charge in [0.15, 0.2) is 0 Å². The highest BCUT2D eigenvalue weighted by atomic mass is 14.6. The predicted octanol–water partition coefficient (Wildman–Crippen LogP) is 1.26. The first-order chi connectivity index (χ1) is 4.09. The Kier molecular flexibility index (Phi) is 3.47. The van der Waals surface area contributed by atoms with E-state index < -0.39 is 0 Å². The summed E-state index contributed by atoms with van der Waals surface area (Å²) in [5, 5.41) is 7.35. The Labute approximate surface area is 57.0 Å². The number of hydrogen-bond donors (Lipinski definition) is 2. The van der Waals surface area contributed by atoms with Crippen molar-refractivity contribution in [2.24, 2.45) is 17.6 Å². The summed E-state index contributed by atoms with van der Waals surface area (Å²) in [6.07, 6.45) is 0. The summed E-state index contributed by atoms with van der Waals surface area (Å²) >= 11 is 0. The van der Waals surface area contributed by atoms with Crippen LogP contribution >= 0.6 is 0 Å². The van der Waals surface area contributed by atoms with Crippen molar-refractivity contribution in [2.45, 2.75) is 20.8 Å². The molecule has 0 rings (SSSR count). The zero-order valence-electron chi connectivity index (χ0n) is 6.44. The van der Waals surface area contributed by atoms with E-state index in [1.54, 1.807) is 0 Å². The van der Waals surface area contributed by atoms with Crippen LogP contribution < -0.4 is 5.73 Å². The largest absolute Gasteiger partial charge is 0.326 e. The third-order valence-corrected chi connectivity index (χ3v) is 1.77. The second-order valence-corrected chi connectivity index (χ2v) is 2.76. The minimum absolute atomic E-state index is 0.343. The van der Waals surface area contributed by atoms with Gasteiger partial charge in [-0.2, -0.15) is 0 Å². The lowest BCUT2D eigenvalue weighted by Crippen LogP contribution is -2.23. The van der Waals surface area contributed by atoms with Gasteiger partial charge in [0.1, 0.15) is 0 Å². The van der Waals surface area contributed by atoms with Gasteiger partial charge in [-0.25, -0.2) is 0 Å². The number of hydrogen-bond acceptors (Lipinski definition) is 2. The third-order valence-electron chi connectivity index (χ3n) is 1.77. The highest BCUT2D eigenvalue weighted by Crippen LogP contribution is 2.09. The van der Waals surface area contributed by atoms with Crippen LogP contribution in [0.25, 0.3) is 0 Å². The van der Waals surface area contributed by atoms with E-state index in [1.807, 2.05) is 6.92 Å². The maximum atomic E-state index is 7.35. The van der Waals surface area contributed by atoms with Gasteiger partial charge in [-0.05, 0) is 11.8 Å². The summed E-state index contributed by atoms with van der Waals surface area (Å²) < 4.78 is 0. The van der Waals surface area contributed by atoms with Crippen LogP contribution in [0.5, 0.6) is 0 Å². The fourth-order valence-electron chi connectivity index (χ4n) is 0.588. The monoisotopic (exact) mass is 128 g/mol. The fourth-order valence-corrected chi connectivity index (χ4v) is 0.588. The van der Waals surface area contributed by atoms with Crippen LogP contribution in [0.4, 0.5) is 0 Å². The highest BCUT2D eigenvalue weighted by molar-refractivity contribution is 5.85. The SMILES string of the molecule is CC(C)C(C)C(=N)CN. The van der Waals surface area contributed by atoms with Crippen molar-refractivity contribution in [3.63, 3.8) is 0 Å². The molecule has 0 radical (unpaired) electrons. The Balaban J connectivity index is 3.72. The molecule has 1 atom stereocenters. The molecule has 9 heavy (non-hydrogen) atoms. The zero-order valence-corrected chi connectivity index (χ0v) is 6.44. The second kappa shape index (κ2) is 3.62. The summed E-state index contributed by atoms with van der Waals surface area (Å²) in [4.78, 5) is 0. The minimum atomic E-state index is 0.343. The van der Waals surface area contributed by atoms with E-state index in [0.717, 1.165) is 0 Å². The molecule has 0 aromatic carbocycles. The fraction of sp³-hybridized carbons (Fsp3) is 0.857. The molecule has 0 spiro atoms. The second-order valence-electron chi connectivity index (χ2n) is 2.76. The molecular weight excluding hydrogens is 112 g/mol. The van der Waals surface area contributed by atoms with Crippen LogP contribution in [-0.4, -0.2) is 12.3 Å². The van der Waals surface area contributed by atoms with E-state index in [0.29, 0.717) is 24.1 Å². The van der Waals surface area contributed by atoms with Crippen LogP contribution in [0.15, 0.2) is 0 Å². The summed E-state index contributed by atoms with van der Waals surface area (Å²) in [7, 11) is 0. The Hall–Kier alpha value is -0.370. The number of rotatable bonds is 3.